The van der Waals surface area contributed by atoms with E-state index >= 15 is 0 Å². The summed E-state index contributed by atoms with van der Waals surface area (Å²) in [6.07, 6.45) is 4.72. The maximum atomic E-state index is 11.7. The molecule has 0 aromatic carbocycles. The second kappa shape index (κ2) is 7.03. The first-order valence-corrected chi connectivity index (χ1v) is 8.04. The first-order chi connectivity index (χ1) is 9.54. The Morgan fingerprint density at radius 2 is 2.10 bits per heavy atom. The number of nitrogens with one attached hydrogen (secondary N) is 2. The number of hydrogen-bond acceptors (Lipinski definition) is 4. The molecule has 1 fully saturated rings. The molecule has 1 aliphatic carbocycles. The normalized spacial score (nSPS) is 22.2. The lowest BCUT2D eigenvalue weighted by Gasteiger charge is -2.26. The van der Waals surface area contributed by atoms with E-state index in [1.165, 1.54) is 11.3 Å². The van der Waals surface area contributed by atoms with Crippen LogP contribution < -0.4 is 10.6 Å². The number of urea groups is 1. The van der Waals surface area contributed by atoms with E-state index in [4.69, 9.17) is 5.11 Å². The Morgan fingerprint density at radius 1 is 1.40 bits per heavy atom. The number of halogens is 1. The summed E-state index contributed by atoms with van der Waals surface area (Å²) in [7, 11) is 0. The minimum absolute atomic E-state index is 0.215. The minimum atomic E-state index is -0.705. The summed E-state index contributed by atoms with van der Waals surface area (Å²) >= 11 is 4.63. The number of carboxylic acids is 1. The van der Waals surface area contributed by atoms with Gasteiger partial charge in [0.2, 0.25) is 0 Å². The Hall–Kier alpha value is -1.15. The van der Waals surface area contributed by atoms with Gasteiger partial charge in [0.1, 0.15) is 0 Å². The molecule has 1 aliphatic rings. The highest BCUT2D eigenvalue weighted by molar-refractivity contribution is 9.11. The van der Waals surface area contributed by atoms with E-state index in [0.29, 0.717) is 30.4 Å². The maximum absolute atomic E-state index is 11.7. The first-order valence-electron chi connectivity index (χ1n) is 6.43. The molecule has 0 spiro atoms. The van der Waals surface area contributed by atoms with Gasteiger partial charge in [0.25, 0.3) is 0 Å². The van der Waals surface area contributed by atoms with Gasteiger partial charge in [-0.15, -0.1) is 0 Å². The molecular weight excluding hydrogens is 346 g/mol. The smallest absolute Gasteiger partial charge is 0.321 e. The molecule has 0 atom stereocenters. The Kier molecular flexibility index (Phi) is 5.36. The van der Waals surface area contributed by atoms with Crippen molar-refractivity contribution in [2.24, 2.45) is 11.8 Å². The van der Waals surface area contributed by atoms with Crippen LogP contribution in [0.5, 0.6) is 0 Å². The summed E-state index contributed by atoms with van der Waals surface area (Å²) in [6.45, 7) is 0.574. The molecule has 0 saturated heterocycles. The Balaban J connectivity index is 1.68. The highest BCUT2D eigenvalue weighted by Gasteiger charge is 2.25. The van der Waals surface area contributed by atoms with Crippen LogP contribution in [-0.4, -0.2) is 28.6 Å². The van der Waals surface area contributed by atoms with Crippen molar-refractivity contribution in [1.29, 1.82) is 0 Å². The number of hydrogen-bond donors (Lipinski definition) is 3. The SMILES string of the molecule is O=C(NCC1CCC(C(=O)O)CC1)Nc1ncc(Br)s1. The zero-order valence-corrected chi connectivity index (χ0v) is 13.2. The molecule has 3 N–H and O–H groups in total. The number of thiazole rings is 1. The predicted molar refractivity (Wildman–Crippen MR) is 79.9 cm³/mol. The molecule has 2 amide bonds. The van der Waals surface area contributed by atoms with Crippen LogP contribution in [0, 0.1) is 11.8 Å². The van der Waals surface area contributed by atoms with Crippen LogP contribution in [0.2, 0.25) is 0 Å². The molecule has 1 saturated carbocycles. The molecule has 20 heavy (non-hydrogen) atoms. The van der Waals surface area contributed by atoms with Gasteiger partial charge in [0.05, 0.1) is 15.9 Å². The van der Waals surface area contributed by atoms with E-state index in [-0.39, 0.29) is 11.9 Å². The Morgan fingerprint density at radius 3 is 2.65 bits per heavy atom. The van der Waals surface area contributed by atoms with Crippen molar-refractivity contribution in [1.82, 2.24) is 10.3 Å². The lowest BCUT2D eigenvalue weighted by Crippen LogP contribution is -2.35. The summed E-state index contributed by atoms with van der Waals surface area (Å²) in [6, 6.07) is -0.271. The van der Waals surface area contributed by atoms with Gasteiger partial charge in [0, 0.05) is 6.54 Å². The van der Waals surface area contributed by atoms with Gasteiger partial charge in [-0.25, -0.2) is 9.78 Å². The number of carboxylic acid groups (broad SMARTS) is 1. The molecular formula is C12H16BrN3O3S. The number of anilines is 1. The third-order valence-corrected chi connectivity index (χ3v) is 4.84. The average Bonchev–Trinajstić information content (AvgIpc) is 2.82. The third-order valence-electron chi connectivity index (χ3n) is 3.45. The molecule has 6 nitrogen and oxygen atoms in total. The molecule has 110 valence electrons. The van der Waals surface area contributed by atoms with E-state index in [1.54, 1.807) is 6.20 Å². The minimum Gasteiger partial charge on any atom is -0.481 e. The van der Waals surface area contributed by atoms with E-state index in [0.717, 1.165) is 16.6 Å². The zero-order chi connectivity index (χ0) is 14.5. The summed E-state index contributed by atoms with van der Waals surface area (Å²) in [5.74, 6) is -0.560. The Bertz CT molecular complexity index is 486. The molecule has 1 aromatic heterocycles. The van der Waals surface area contributed by atoms with Gasteiger partial charge < -0.3 is 10.4 Å². The lowest BCUT2D eigenvalue weighted by molar-refractivity contribution is -0.143. The molecule has 0 unspecified atom stereocenters. The van der Waals surface area contributed by atoms with Crippen LogP contribution in [0.3, 0.4) is 0 Å². The maximum Gasteiger partial charge on any atom is 0.321 e. The van der Waals surface area contributed by atoms with E-state index < -0.39 is 5.97 Å². The first kappa shape index (κ1) is 15.2. The predicted octanol–water partition coefficient (Wildman–Crippen LogP) is 2.92. The number of aromatic nitrogens is 1. The number of aliphatic carboxylic acids is 1. The van der Waals surface area contributed by atoms with Crippen LogP contribution in [0.4, 0.5) is 9.93 Å². The summed E-state index contributed by atoms with van der Waals surface area (Å²) in [5.41, 5.74) is 0. The second-order valence-electron chi connectivity index (χ2n) is 4.86. The monoisotopic (exact) mass is 361 g/mol. The van der Waals surface area contributed by atoms with Crippen molar-refractivity contribution in [3.05, 3.63) is 9.98 Å². The largest absolute Gasteiger partial charge is 0.481 e. The Labute approximate surface area is 129 Å². The third kappa shape index (κ3) is 4.45. The summed E-state index contributed by atoms with van der Waals surface area (Å²) in [5, 5.41) is 14.9. The quantitative estimate of drug-likeness (QED) is 0.768. The van der Waals surface area contributed by atoms with Crippen LogP contribution in [0.1, 0.15) is 25.7 Å². The highest BCUT2D eigenvalue weighted by atomic mass is 79.9. The number of amides is 2. The molecule has 8 heteroatoms. The van der Waals surface area contributed by atoms with Gasteiger partial charge in [-0.05, 0) is 47.5 Å². The topological polar surface area (TPSA) is 91.3 Å². The van der Waals surface area contributed by atoms with Gasteiger partial charge >= 0.3 is 12.0 Å². The molecule has 1 aromatic rings. The van der Waals surface area contributed by atoms with E-state index in [9.17, 15) is 9.59 Å². The number of nitrogens with zero attached hydrogens (tertiary/aromatic N) is 1. The van der Waals surface area contributed by atoms with E-state index in [1.807, 2.05) is 0 Å². The molecule has 0 aliphatic heterocycles. The van der Waals surface area contributed by atoms with Crippen molar-refractivity contribution in [3.63, 3.8) is 0 Å². The fraction of sp³-hybridized carbons (Fsp3) is 0.583. The van der Waals surface area contributed by atoms with E-state index in [2.05, 4.69) is 31.5 Å². The lowest BCUT2D eigenvalue weighted by atomic mass is 9.82. The van der Waals surface area contributed by atoms with Gasteiger partial charge in [-0.3, -0.25) is 10.1 Å². The van der Waals surface area contributed by atoms with Crippen LogP contribution in [0.15, 0.2) is 9.98 Å². The van der Waals surface area contributed by atoms with Crippen LogP contribution in [0.25, 0.3) is 0 Å². The number of rotatable bonds is 4. The fourth-order valence-electron chi connectivity index (χ4n) is 2.30. The highest BCUT2D eigenvalue weighted by Crippen LogP contribution is 2.28. The molecule has 0 radical (unpaired) electrons. The van der Waals surface area contributed by atoms with Crippen LogP contribution in [-0.2, 0) is 4.79 Å². The van der Waals surface area contributed by atoms with Crippen molar-refractivity contribution in [2.45, 2.75) is 25.7 Å². The average molecular weight is 362 g/mol. The number of carbonyl (C=O) groups is 2. The summed E-state index contributed by atoms with van der Waals surface area (Å²) in [4.78, 5) is 26.5. The van der Waals surface area contributed by atoms with Gasteiger partial charge in [0.15, 0.2) is 5.13 Å². The van der Waals surface area contributed by atoms with Crippen LogP contribution >= 0.6 is 27.3 Å². The number of carbonyl (C=O) groups excluding carboxylic acids is 1. The molecule has 2 rings (SSSR count). The van der Waals surface area contributed by atoms with Crippen molar-refractivity contribution in [2.75, 3.05) is 11.9 Å². The van der Waals surface area contributed by atoms with Crippen molar-refractivity contribution >= 4 is 44.4 Å². The summed E-state index contributed by atoms with van der Waals surface area (Å²) < 4.78 is 0.861. The molecule has 0 bridgehead atoms. The molecule has 1 heterocycles. The van der Waals surface area contributed by atoms with Gasteiger partial charge in [-0.2, -0.15) is 0 Å². The fourth-order valence-corrected chi connectivity index (χ4v) is 3.41. The second-order valence-corrected chi connectivity index (χ2v) is 7.27. The van der Waals surface area contributed by atoms with Crippen molar-refractivity contribution in [3.8, 4) is 0 Å². The van der Waals surface area contributed by atoms with Crippen molar-refractivity contribution < 1.29 is 14.7 Å². The van der Waals surface area contributed by atoms with Gasteiger partial charge in [-0.1, -0.05) is 11.3 Å². The zero-order valence-electron chi connectivity index (χ0n) is 10.8. The standard InChI is InChI=1S/C12H16BrN3O3S/c13-9-6-15-12(20-9)16-11(19)14-5-7-1-3-8(4-2-7)10(17)18/h6-8H,1-5H2,(H,17,18)(H2,14,15,16,19).